The van der Waals surface area contributed by atoms with Crippen LogP contribution >= 0.6 is 0 Å². The summed E-state index contributed by atoms with van der Waals surface area (Å²) in [4.78, 5) is 10.3. The lowest BCUT2D eigenvalue weighted by atomic mass is 10.1. The lowest BCUT2D eigenvalue weighted by Gasteiger charge is -2.19. The molecule has 0 spiro atoms. The maximum Gasteiger partial charge on any atom is 0.121 e. The molecule has 1 heterocycles. The van der Waals surface area contributed by atoms with E-state index in [2.05, 4.69) is 21.9 Å². The van der Waals surface area contributed by atoms with Crippen LogP contribution in [0, 0.1) is 5.92 Å². The zero-order valence-electron chi connectivity index (χ0n) is 11.5. The van der Waals surface area contributed by atoms with E-state index < -0.39 is 0 Å². The third-order valence-electron chi connectivity index (χ3n) is 4.02. The van der Waals surface area contributed by atoms with Crippen molar-refractivity contribution in [1.29, 1.82) is 0 Å². The number of aromatic nitrogens is 2. The number of nitrogens with zero attached hydrogens (tertiary/aromatic N) is 2. The average molecular weight is 258 g/mol. The number of nitrogen functional groups attached to an aromatic ring is 1. The lowest BCUT2D eigenvalue weighted by Crippen LogP contribution is -2.24. The molecule has 3 N–H and O–H groups in total. The first-order chi connectivity index (χ1) is 9.20. The van der Waals surface area contributed by atoms with Crippen molar-refractivity contribution in [2.75, 3.05) is 19.3 Å². The summed E-state index contributed by atoms with van der Waals surface area (Å²) in [6, 6.07) is 5.82. The van der Waals surface area contributed by atoms with Crippen LogP contribution in [0.2, 0.25) is 0 Å². The number of hydrogen-bond acceptors (Lipinski definition) is 3. The highest BCUT2D eigenvalue weighted by Gasteiger charge is 2.17. The van der Waals surface area contributed by atoms with Gasteiger partial charge in [0, 0.05) is 12.2 Å². The van der Waals surface area contributed by atoms with Gasteiger partial charge in [-0.05, 0) is 44.0 Å². The molecule has 0 saturated heterocycles. The topological polar surface area (TPSA) is 57.9 Å². The molecule has 3 rings (SSSR count). The molecule has 4 heteroatoms. The summed E-state index contributed by atoms with van der Waals surface area (Å²) < 4.78 is 0. The van der Waals surface area contributed by atoms with Gasteiger partial charge in [0.15, 0.2) is 0 Å². The molecule has 1 aromatic heterocycles. The number of H-pyrrole nitrogens is 1. The number of aromatic amines is 1. The summed E-state index contributed by atoms with van der Waals surface area (Å²) in [7, 11) is 2.18. The van der Waals surface area contributed by atoms with E-state index in [1.165, 1.54) is 32.2 Å². The summed E-state index contributed by atoms with van der Waals surface area (Å²) in [5.41, 5.74) is 8.60. The van der Waals surface area contributed by atoms with E-state index in [1.54, 1.807) is 0 Å². The molecule has 1 fully saturated rings. The average Bonchev–Trinajstić information content (AvgIpc) is 2.97. The number of fused-ring (bicyclic) bond motifs is 1. The predicted octanol–water partition coefficient (Wildman–Crippen LogP) is 2.77. The second kappa shape index (κ2) is 5.21. The Morgan fingerprint density at radius 1 is 1.37 bits per heavy atom. The minimum Gasteiger partial charge on any atom is -0.399 e. The van der Waals surface area contributed by atoms with Crippen molar-refractivity contribution in [3.05, 3.63) is 24.0 Å². The molecule has 1 aliphatic rings. The largest absolute Gasteiger partial charge is 0.399 e. The van der Waals surface area contributed by atoms with Crippen molar-refractivity contribution in [3.8, 4) is 0 Å². The van der Waals surface area contributed by atoms with E-state index in [0.29, 0.717) is 0 Å². The summed E-state index contributed by atoms with van der Waals surface area (Å²) >= 11 is 0. The van der Waals surface area contributed by atoms with Gasteiger partial charge in [-0.15, -0.1) is 0 Å². The fourth-order valence-electron chi connectivity index (χ4n) is 3.11. The zero-order valence-corrected chi connectivity index (χ0v) is 11.5. The summed E-state index contributed by atoms with van der Waals surface area (Å²) in [5.74, 6) is 1.91. The third-order valence-corrected chi connectivity index (χ3v) is 4.02. The second-order valence-electron chi connectivity index (χ2n) is 5.81. The Morgan fingerprint density at radius 2 is 2.16 bits per heavy atom. The van der Waals surface area contributed by atoms with Gasteiger partial charge in [-0.3, -0.25) is 4.90 Å². The van der Waals surface area contributed by atoms with Crippen molar-refractivity contribution in [1.82, 2.24) is 14.9 Å². The highest BCUT2D eigenvalue weighted by molar-refractivity contribution is 5.78. The van der Waals surface area contributed by atoms with Gasteiger partial charge in [-0.2, -0.15) is 0 Å². The van der Waals surface area contributed by atoms with Crippen LogP contribution in [0.3, 0.4) is 0 Å². The van der Waals surface area contributed by atoms with E-state index in [0.717, 1.165) is 35.0 Å². The number of anilines is 1. The van der Waals surface area contributed by atoms with Gasteiger partial charge in [0.25, 0.3) is 0 Å². The van der Waals surface area contributed by atoms with Crippen molar-refractivity contribution < 1.29 is 0 Å². The molecule has 1 saturated carbocycles. The molecule has 1 aromatic carbocycles. The maximum absolute atomic E-state index is 5.79. The molecule has 0 bridgehead atoms. The smallest absolute Gasteiger partial charge is 0.121 e. The van der Waals surface area contributed by atoms with Crippen LogP contribution < -0.4 is 5.73 Å². The van der Waals surface area contributed by atoms with Crippen LogP contribution in [0.5, 0.6) is 0 Å². The molecule has 0 radical (unpaired) electrons. The van der Waals surface area contributed by atoms with Crippen molar-refractivity contribution in [2.45, 2.75) is 32.2 Å². The highest BCUT2D eigenvalue weighted by Crippen LogP contribution is 2.25. The van der Waals surface area contributed by atoms with Gasteiger partial charge in [0.1, 0.15) is 5.82 Å². The number of nitrogens with two attached hydrogens (primary N) is 1. The van der Waals surface area contributed by atoms with Gasteiger partial charge < -0.3 is 10.7 Å². The summed E-state index contributed by atoms with van der Waals surface area (Å²) in [5, 5.41) is 0. The normalized spacial score (nSPS) is 16.7. The first-order valence-electron chi connectivity index (χ1n) is 7.13. The molecular formula is C15H22N4. The first-order valence-corrected chi connectivity index (χ1v) is 7.13. The Balaban J connectivity index is 1.66. The highest BCUT2D eigenvalue weighted by atomic mass is 15.1. The SMILES string of the molecule is CN(Cc1nc2ccc(N)cc2[nH]1)CC1CCCC1. The van der Waals surface area contributed by atoms with Gasteiger partial charge in [-0.25, -0.2) is 4.98 Å². The van der Waals surface area contributed by atoms with Crippen LogP contribution in [-0.2, 0) is 6.54 Å². The van der Waals surface area contributed by atoms with E-state index in [-0.39, 0.29) is 0 Å². The van der Waals surface area contributed by atoms with Gasteiger partial charge in [-0.1, -0.05) is 12.8 Å². The fraction of sp³-hybridized carbons (Fsp3) is 0.533. The number of hydrogen-bond donors (Lipinski definition) is 2. The van der Waals surface area contributed by atoms with E-state index in [4.69, 9.17) is 5.73 Å². The third kappa shape index (κ3) is 2.89. The van der Waals surface area contributed by atoms with Gasteiger partial charge >= 0.3 is 0 Å². The van der Waals surface area contributed by atoms with E-state index >= 15 is 0 Å². The Kier molecular flexibility index (Phi) is 3.42. The monoisotopic (exact) mass is 258 g/mol. The molecular weight excluding hydrogens is 236 g/mol. The van der Waals surface area contributed by atoms with E-state index in [1.807, 2.05) is 18.2 Å². The standard InChI is InChI=1S/C15H22N4/c1-19(9-11-4-2-3-5-11)10-15-17-13-7-6-12(16)8-14(13)18-15/h6-8,11H,2-5,9-10,16H2,1H3,(H,17,18). The molecule has 0 atom stereocenters. The molecule has 0 amide bonds. The van der Waals surface area contributed by atoms with Crippen LogP contribution in [0.15, 0.2) is 18.2 Å². The molecule has 102 valence electrons. The van der Waals surface area contributed by atoms with Crippen LogP contribution in [-0.4, -0.2) is 28.5 Å². The first kappa shape index (κ1) is 12.5. The van der Waals surface area contributed by atoms with Crippen molar-refractivity contribution in [3.63, 3.8) is 0 Å². The van der Waals surface area contributed by atoms with Gasteiger partial charge in [0.2, 0.25) is 0 Å². The number of benzene rings is 1. The Morgan fingerprint density at radius 3 is 2.95 bits per heavy atom. The molecule has 1 aliphatic carbocycles. The summed E-state index contributed by atoms with van der Waals surface area (Å²) in [6.45, 7) is 2.06. The lowest BCUT2D eigenvalue weighted by molar-refractivity contribution is 0.266. The number of rotatable bonds is 4. The number of imidazole rings is 1. The zero-order chi connectivity index (χ0) is 13.2. The van der Waals surface area contributed by atoms with Gasteiger partial charge in [0.05, 0.1) is 17.6 Å². The Labute approximate surface area is 114 Å². The number of nitrogens with one attached hydrogen (secondary N) is 1. The minimum atomic E-state index is 0.780. The second-order valence-corrected chi connectivity index (χ2v) is 5.81. The quantitative estimate of drug-likeness (QED) is 0.829. The molecule has 19 heavy (non-hydrogen) atoms. The van der Waals surface area contributed by atoms with Crippen LogP contribution in [0.4, 0.5) is 5.69 Å². The fourth-order valence-corrected chi connectivity index (χ4v) is 3.11. The van der Waals surface area contributed by atoms with Crippen molar-refractivity contribution in [2.24, 2.45) is 5.92 Å². The summed E-state index contributed by atoms with van der Waals surface area (Å²) in [6.07, 6.45) is 5.59. The van der Waals surface area contributed by atoms with Crippen molar-refractivity contribution >= 4 is 16.7 Å². The van der Waals surface area contributed by atoms with Crippen LogP contribution in [0.25, 0.3) is 11.0 Å². The molecule has 0 aliphatic heterocycles. The maximum atomic E-state index is 5.79. The predicted molar refractivity (Wildman–Crippen MR) is 78.8 cm³/mol. The molecule has 0 unspecified atom stereocenters. The molecule has 2 aromatic rings. The molecule has 4 nitrogen and oxygen atoms in total. The minimum absolute atomic E-state index is 0.780. The van der Waals surface area contributed by atoms with E-state index in [9.17, 15) is 0 Å². The Bertz CT molecular complexity index is 554. The Hall–Kier alpha value is -1.55. The van der Waals surface area contributed by atoms with Crippen LogP contribution in [0.1, 0.15) is 31.5 Å².